The van der Waals surface area contributed by atoms with Gasteiger partial charge in [0.1, 0.15) is 5.82 Å². The van der Waals surface area contributed by atoms with Crippen LogP contribution >= 0.6 is 0 Å². The van der Waals surface area contributed by atoms with Gasteiger partial charge in [0.2, 0.25) is 5.95 Å². The standard InChI is InChI=1S/C23H28N6O2/c1-27-11-13-28(14-12-27)21-19-7-8-20(30)29(18-9-15-31-16-10-18)22(19)26-23(25-21)24-17-5-3-2-4-6-17/h2-8,18H,9-16H2,1H3,(H,24,25,26). The van der Waals surface area contributed by atoms with Crippen LogP contribution in [0.1, 0.15) is 18.9 Å². The zero-order valence-electron chi connectivity index (χ0n) is 17.8. The fraction of sp³-hybridized carbons (Fsp3) is 0.435. The Kier molecular flexibility index (Phi) is 5.57. The van der Waals surface area contributed by atoms with Crippen LogP contribution < -0.4 is 15.8 Å². The van der Waals surface area contributed by atoms with Crippen molar-refractivity contribution in [3.8, 4) is 0 Å². The molecule has 31 heavy (non-hydrogen) atoms. The van der Waals surface area contributed by atoms with Crippen LogP contribution in [-0.2, 0) is 4.74 Å². The maximum Gasteiger partial charge on any atom is 0.252 e. The van der Waals surface area contributed by atoms with Crippen LogP contribution in [0.5, 0.6) is 0 Å². The van der Waals surface area contributed by atoms with Gasteiger partial charge >= 0.3 is 0 Å². The van der Waals surface area contributed by atoms with Gasteiger partial charge in [0.25, 0.3) is 5.56 Å². The van der Waals surface area contributed by atoms with Crippen molar-refractivity contribution < 1.29 is 4.74 Å². The van der Waals surface area contributed by atoms with E-state index in [0.29, 0.717) is 24.8 Å². The SMILES string of the molecule is CN1CCN(c2nc(Nc3ccccc3)nc3c2ccc(=O)n3C2CCOCC2)CC1. The first-order chi connectivity index (χ1) is 15.2. The highest BCUT2D eigenvalue weighted by Crippen LogP contribution is 2.30. The first kappa shape index (κ1) is 20.0. The molecule has 0 bridgehead atoms. The first-order valence-corrected chi connectivity index (χ1v) is 11.0. The third-order valence-corrected chi connectivity index (χ3v) is 6.15. The summed E-state index contributed by atoms with van der Waals surface area (Å²) in [6.07, 6.45) is 1.63. The highest BCUT2D eigenvalue weighted by atomic mass is 16.5. The second-order valence-corrected chi connectivity index (χ2v) is 8.27. The number of nitrogens with zero attached hydrogens (tertiary/aromatic N) is 5. The molecule has 3 aromatic rings. The minimum absolute atomic E-state index is 0.0203. The summed E-state index contributed by atoms with van der Waals surface area (Å²) in [6, 6.07) is 13.5. The van der Waals surface area contributed by atoms with Gasteiger partial charge in [-0.05, 0) is 38.1 Å². The summed E-state index contributed by atoms with van der Waals surface area (Å²) >= 11 is 0. The number of piperazine rings is 1. The molecule has 162 valence electrons. The second kappa shape index (κ2) is 8.64. The van der Waals surface area contributed by atoms with Crippen molar-refractivity contribution in [2.45, 2.75) is 18.9 Å². The molecule has 0 atom stereocenters. The van der Waals surface area contributed by atoms with Gasteiger partial charge in [-0.2, -0.15) is 9.97 Å². The summed E-state index contributed by atoms with van der Waals surface area (Å²) in [5.41, 5.74) is 1.59. The lowest BCUT2D eigenvalue weighted by atomic mass is 10.1. The minimum Gasteiger partial charge on any atom is -0.381 e. The lowest BCUT2D eigenvalue weighted by molar-refractivity contribution is 0.0697. The zero-order chi connectivity index (χ0) is 21.2. The smallest absolute Gasteiger partial charge is 0.252 e. The highest BCUT2D eigenvalue weighted by molar-refractivity contribution is 5.89. The van der Waals surface area contributed by atoms with E-state index in [1.54, 1.807) is 6.07 Å². The molecule has 0 unspecified atom stereocenters. The van der Waals surface area contributed by atoms with Crippen molar-refractivity contribution in [3.05, 3.63) is 52.8 Å². The maximum absolute atomic E-state index is 13.0. The molecule has 2 aliphatic rings. The number of ether oxygens (including phenoxy) is 1. The number of aromatic nitrogens is 3. The molecule has 0 radical (unpaired) electrons. The maximum atomic E-state index is 13.0. The van der Waals surface area contributed by atoms with Crippen LogP contribution in [0, 0.1) is 0 Å². The number of nitrogens with one attached hydrogen (secondary N) is 1. The molecule has 0 saturated carbocycles. The number of likely N-dealkylation sites (N-methyl/N-ethyl adjacent to an activating group) is 1. The van der Waals surface area contributed by atoms with E-state index in [9.17, 15) is 4.79 Å². The molecule has 2 aromatic heterocycles. The van der Waals surface area contributed by atoms with E-state index >= 15 is 0 Å². The fourth-order valence-corrected chi connectivity index (χ4v) is 4.38. The lowest BCUT2D eigenvalue weighted by Gasteiger charge is -2.34. The van der Waals surface area contributed by atoms with Crippen molar-refractivity contribution >= 4 is 28.5 Å². The van der Waals surface area contributed by atoms with E-state index < -0.39 is 0 Å². The predicted molar refractivity (Wildman–Crippen MR) is 122 cm³/mol. The number of fused-ring (bicyclic) bond motifs is 1. The molecule has 0 amide bonds. The second-order valence-electron chi connectivity index (χ2n) is 8.27. The summed E-state index contributed by atoms with van der Waals surface area (Å²) in [4.78, 5) is 27.3. The van der Waals surface area contributed by atoms with E-state index in [2.05, 4.69) is 22.2 Å². The monoisotopic (exact) mass is 420 g/mol. The number of hydrogen-bond donors (Lipinski definition) is 1. The largest absolute Gasteiger partial charge is 0.381 e. The number of pyridine rings is 1. The van der Waals surface area contributed by atoms with Gasteiger partial charge in [0.05, 0.1) is 5.39 Å². The van der Waals surface area contributed by atoms with Gasteiger partial charge in [-0.15, -0.1) is 0 Å². The topological polar surface area (TPSA) is 75.5 Å². The van der Waals surface area contributed by atoms with Gasteiger partial charge in [-0.3, -0.25) is 9.36 Å². The predicted octanol–water partition coefficient (Wildman–Crippen LogP) is 2.64. The molecular formula is C23H28N6O2. The summed E-state index contributed by atoms with van der Waals surface area (Å²) in [5, 5.41) is 4.26. The Morgan fingerprint density at radius 1 is 0.968 bits per heavy atom. The summed E-state index contributed by atoms with van der Waals surface area (Å²) in [6.45, 7) is 5.07. The van der Waals surface area contributed by atoms with Gasteiger partial charge < -0.3 is 19.9 Å². The minimum atomic E-state index is -0.0203. The summed E-state index contributed by atoms with van der Waals surface area (Å²) in [5.74, 6) is 1.40. The average Bonchev–Trinajstić information content (AvgIpc) is 2.80. The Hall–Kier alpha value is -2.97. The van der Waals surface area contributed by atoms with Gasteiger partial charge in [0, 0.05) is 57.2 Å². The van der Waals surface area contributed by atoms with Crippen molar-refractivity contribution in [1.29, 1.82) is 0 Å². The third kappa shape index (κ3) is 4.13. The Bertz CT molecular complexity index is 1100. The lowest BCUT2D eigenvalue weighted by Crippen LogP contribution is -2.45. The average molecular weight is 421 g/mol. The number of para-hydroxylation sites is 1. The van der Waals surface area contributed by atoms with Crippen LogP contribution in [-0.4, -0.2) is 65.9 Å². The van der Waals surface area contributed by atoms with Gasteiger partial charge in [-0.25, -0.2) is 0 Å². The Labute approximate surface area is 181 Å². The van der Waals surface area contributed by atoms with Crippen LogP contribution in [0.25, 0.3) is 11.0 Å². The molecule has 2 aliphatic heterocycles. The molecule has 1 N–H and O–H groups in total. The first-order valence-electron chi connectivity index (χ1n) is 11.0. The molecule has 4 heterocycles. The van der Waals surface area contributed by atoms with Crippen molar-refractivity contribution in [2.24, 2.45) is 0 Å². The molecule has 1 aromatic carbocycles. The quantitative estimate of drug-likeness (QED) is 0.695. The molecular weight excluding hydrogens is 392 g/mol. The zero-order valence-corrected chi connectivity index (χ0v) is 17.8. The van der Waals surface area contributed by atoms with E-state index in [1.807, 2.05) is 41.0 Å². The number of hydrogen-bond acceptors (Lipinski definition) is 7. The Morgan fingerprint density at radius 3 is 2.45 bits per heavy atom. The highest BCUT2D eigenvalue weighted by Gasteiger charge is 2.24. The van der Waals surface area contributed by atoms with E-state index in [-0.39, 0.29) is 11.6 Å². The van der Waals surface area contributed by atoms with E-state index in [4.69, 9.17) is 14.7 Å². The van der Waals surface area contributed by atoms with Crippen LogP contribution in [0.2, 0.25) is 0 Å². The molecule has 8 heteroatoms. The number of anilines is 3. The van der Waals surface area contributed by atoms with Crippen LogP contribution in [0.4, 0.5) is 17.5 Å². The Balaban J connectivity index is 1.65. The molecule has 0 spiro atoms. The van der Waals surface area contributed by atoms with E-state index in [1.165, 1.54) is 0 Å². The van der Waals surface area contributed by atoms with Crippen LogP contribution in [0.15, 0.2) is 47.3 Å². The van der Waals surface area contributed by atoms with Crippen molar-refractivity contribution in [1.82, 2.24) is 19.4 Å². The number of rotatable bonds is 4. The van der Waals surface area contributed by atoms with Crippen LogP contribution in [0.3, 0.4) is 0 Å². The van der Waals surface area contributed by atoms with E-state index in [0.717, 1.165) is 55.9 Å². The summed E-state index contributed by atoms with van der Waals surface area (Å²) < 4.78 is 7.39. The molecule has 2 saturated heterocycles. The summed E-state index contributed by atoms with van der Waals surface area (Å²) in [7, 11) is 2.14. The van der Waals surface area contributed by atoms with Gasteiger partial charge in [-0.1, -0.05) is 18.2 Å². The molecule has 8 nitrogen and oxygen atoms in total. The van der Waals surface area contributed by atoms with Crippen molar-refractivity contribution in [3.63, 3.8) is 0 Å². The normalized spacial score (nSPS) is 18.4. The van der Waals surface area contributed by atoms with Gasteiger partial charge in [0.15, 0.2) is 5.65 Å². The third-order valence-electron chi connectivity index (χ3n) is 6.15. The molecule has 2 fully saturated rings. The van der Waals surface area contributed by atoms with Crippen molar-refractivity contribution in [2.75, 3.05) is 56.7 Å². The fourth-order valence-electron chi connectivity index (χ4n) is 4.38. The molecule has 0 aliphatic carbocycles. The number of benzene rings is 1. The Morgan fingerprint density at radius 2 is 1.71 bits per heavy atom. The molecule has 5 rings (SSSR count).